The quantitative estimate of drug-likeness (QED) is 0.244. The van der Waals surface area contributed by atoms with E-state index in [2.05, 4.69) is 5.92 Å². The molecule has 1 aliphatic heterocycles. The van der Waals surface area contributed by atoms with Gasteiger partial charge in [-0.15, -0.1) is 12.3 Å². The number of aliphatic hydroxyl groups is 1. The Morgan fingerprint density at radius 3 is 2.63 bits per heavy atom. The molecule has 0 saturated heterocycles. The van der Waals surface area contributed by atoms with E-state index in [4.69, 9.17) is 38.8 Å². The first-order valence-electron chi connectivity index (χ1n) is 9.18. The summed E-state index contributed by atoms with van der Waals surface area (Å²) in [6.07, 6.45) is 5.72. The van der Waals surface area contributed by atoms with Crippen LogP contribution < -0.4 is 10.2 Å². The molecule has 0 fully saturated rings. The Bertz CT molecular complexity index is 1320. The fraction of sp³-hybridized carbons (Fsp3) is 0.125. The first-order chi connectivity index (χ1) is 14.5. The van der Waals surface area contributed by atoms with Gasteiger partial charge in [0.2, 0.25) is 5.43 Å². The second-order valence-electron chi connectivity index (χ2n) is 6.65. The number of aliphatic hydroxyl groups excluding tert-OH is 1. The number of fused-ring (bicyclic) bond motifs is 2. The number of terminal acetylenes is 1. The van der Waals surface area contributed by atoms with Crippen molar-refractivity contribution in [2.75, 3.05) is 6.61 Å². The fourth-order valence-electron chi connectivity index (χ4n) is 3.42. The highest BCUT2D eigenvalue weighted by molar-refractivity contribution is 6.33. The first kappa shape index (κ1) is 20.3. The van der Waals surface area contributed by atoms with Crippen LogP contribution in [0, 0.1) is 12.3 Å². The predicted octanol–water partition coefficient (Wildman–Crippen LogP) is 5.77. The Hall–Kier alpha value is -2.97. The smallest absolute Gasteiger partial charge is 0.200 e. The van der Waals surface area contributed by atoms with Crippen molar-refractivity contribution in [3.05, 3.63) is 74.4 Å². The normalized spacial score (nSPS) is 11.0. The molecule has 0 radical (unpaired) electrons. The van der Waals surface area contributed by atoms with Crippen LogP contribution in [0.3, 0.4) is 0 Å². The predicted molar refractivity (Wildman–Crippen MR) is 119 cm³/mol. The topological polar surface area (TPSA) is 59.7 Å². The summed E-state index contributed by atoms with van der Waals surface area (Å²) in [7, 11) is 0. The van der Waals surface area contributed by atoms with E-state index in [1.165, 1.54) is 6.07 Å². The van der Waals surface area contributed by atoms with E-state index >= 15 is 0 Å². The number of benzene rings is 3. The molecule has 2 aliphatic rings. The molecular formula is C24H16Cl2O4. The minimum absolute atomic E-state index is 0.0834. The molecular weight excluding hydrogens is 423 g/mol. The van der Waals surface area contributed by atoms with Crippen molar-refractivity contribution in [1.82, 2.24) is 0 Å². The monoisotopic (exact) mass is 438 g/mol. The maximum atomic E-state index is 12.1. The van der Waals surface area contributed by atoms with Crippen molar-refractivity contribution in [2.45, 2.75) is 13.0 Å². The molecule has 0 amide bonds. The molecule has 30 heavy (non-hydrogen) atoms. The second kappa shape index (κ2) is 8.41. The number of hydrogen-bond acceptors (Lipinski definition) is 4. The molecule has 1 N–H and O–H groups in total. The van der Waals surface area contributed by atoms with Gasteiger partial charge in [-0.25, -0.2) is 0 Å². The fourth-order valence-corrected chi connectivity index (χ4v) is 3.80. The van der Waals surface area contributed by atoms with Crippen LogP contribution in [0.1, 0.15) is 12.0 Å². The molecule has 0 saturated carbocycles. The van der Waals surface area contributed by atoms with Crippen LogP contribution in [0.25, 0.3) is 33.4 Å². The van der Waals surface area contributed by atoms with Crippen molar-refractivity contribution in [1.29, 1.82) is 0 Å². The highest BCUT2D eigenvalue weighted by Crippen LogP contribution is 2.44. The van der Waals surface area contributed by atoms with Crippen molar-refractivity contribution >= 4 is 34.2 Å². The van der Waals surface area contributed by atoms with Gasteiger partial charge in [-0.05, 0) is 23.3 Å². The van der Waals surface area contributed by atoms with Crippen molar-refractivity contribution < 1.29 is 14.3 Å². The molecule has 0 spiro atoms. The van der Waals surface area contributed by atoms with E-state index in [1.807, 2.05) is 24.3 Å². The molecule has 0 atom stereocenters. The van der Waals surface area contributed by atoms with Crippen molar-refractivity contribution in [3.8, 4) is 40.5 Å². The maximum absolute atomic E-state index is 12.1. The van der Waals surface area contributed by atoms with E-state index in [1.54, 1.807) is 18.2 Å². The number of halogens is 2. The maximum Gasteiger partial charge on any atom is 0.200 e. The van der Waals surface area contributed by atoms with Gasteiger partial charge in [-0.3, -0.25) is 4.79 Å². The van der Waals surface area contributed by atoms with Gasteiger partial charge in [0.05, 0.1) is 23.3 Å². The lowest BCUT2D eigenvalue weighted by Crippen LogP contribution is -2.03. The molecule has 6 heteroatoms. The Kier molecular flexibility index (Phi) is 5.69. The van der Waals surface area contributed by atoms with E-state index in [0.29, 0.717) is 46.1 Å². The van der Waals surface area contributed by atoms with Crippen LogP contribution in [0.15, 0.2) is 57.7 Å². The summed E-state index contributed by atoms with van der Waals surface area (Å²) >= 11 is 12.6. The van der Waals surface area contributed by atoms with E-state index < -0.39 is 0 Å². The van der Waals surface area contributed by atoms with Crippen LogP contribution in [-0.4, -0.2) is 11.7 Å². The third-order valence-corrected chi connectivity index (χ3v) is 5.38. The van der Waals surface area contributed by atoms with Gasteiger partial charge in [0.1, 0.15) is 17.1 Å². The largest absolute Gasteiger partial charge is 0.491 e. The molecule has 4 nitrogen and oxygen atoms in total. The van der Waals surface area contributed by atoms with Crippen molar-refractivity contribution in [3.63, 3.8) is 0 Å². The highest BCUT2D eigenvalue weighted by Gasteiger charge is 2.22. The Morgan fingerprint density at radius 2 is 1.87 bits per heavy atom. The van der Waals surface area contributed by atoms with Gasteiger partial charge in [0.25, 0.3) is 0 Å². The second-order valence-corrected chi connectivity index (χ2v) is 7.47. The molecule has 0 bridgehead atoms. The third-order valence-electron chi connectivity index (χ3n) is 4.79. The van der Waals surface area contributed by atoms with Gasteiger partial charge in [0, 0.05) is 35.1 Å². The summed E-state index contributed by atoms with van der Waals surface area (Å²) in [5.41, 5.74) is 3.05. The minimum Gasteiger partial charge on any atom is -0.491 e. The zero-order chi connectivity index (χ0) is 21.3. The summed E-state index contributed by atoms with van der Waals surface area (Å²) < 4.78 is 11.7. The lowest BCUT2D eigenvalue weighted by Gasteiger charge is -2.18. The van der Waals surface area contributed by atoms with Gasteiger partial charge in [0.15, 0.2) is 0 Å². The van der Waals surface area contributed by atoms with Crippen LogP contribution in [0.4, 0.5) is 0 Å². The van der Waals surface area contributed by atoms with Gasteiger partial charge >= 0.3 is 0 Å². The average Bonchev–Trinajstić information content (AvgIpc) is 2.74. The molecule has 1 heterocycles. The molecule has 4 rings (SSSR count). The summed E-state index contributed by atoms with van der Waals surface area (Å²) in [4.78, 5) is 12.1. The molecule has 150 valence electrons. The molecule has 2 aromatic rings. The third kappa shape index (κ3) is 3.64. The van der Waals surface area contributed by atoms with E-state index in [9.17, 15) is 9.90 Å². The molecule has 2 aromatic carbocycles. The molecule has 1 aliphatic carbocycles. The van der Waals surface area contributed by atoms with E-state index in [0.717, 1.165) is 16.7 Å². The first-order valence-corrected chi connectivity index (χ1v) is 9.94. The SMILES string of the molecule is C#CCCOc1cc2oc3cc(=O)c(Cl)cc-3c(-c3ccccc3CO)c2cc1Cl. The Labute approximate surface area is 183 Å². The van der Waals surface area contributed by atoms with E-state index in [-0.39, 0.29) is 17.1 Å². The van der Waals surface area contributed by atoms with Gasteiger partial charge in [-0.2, -0.15) is 0 Å². The van der Waals surface area contributed by atoms with Gasteiger partial charge in [-0.1, -0.05) is 47.5 Å². The molecule has 0 aromatic heterocycles. The summed E-state index contributed by atoms with van der Waals surface area (Å²) in [6, 6.07) is 13.8. The van der Waals surface area contributed by atoms with Crippen LogP contribution >= 0.6 is 23.2 Å². The van der Waals surface area contributed by atoms with Crippen molar-refractivity contribution in [2.24, 2.45) is 0 Å². The number of rotatable bonds is 5. The number of ether oxygens (including phenoxy) is 1. The minimum atomic E-state index is -0.340. The Morgan fingerprint density at radius 1 is 1.07 bits per heavy atom. The molecule has 0 unspecified atom stereocenters. The van der Waals surface area contributed by atoms with Crippen LogP contribution in [0.5, 0.6) is 5.75 Å². The zero-order valence-corrected chi connectivity index (χ0v) is 17.3. The highest BCUT2D eigenvalue weighted by atomic mass is 35.5. The standard InChI is InChI=1S/C24H16Cl2O4/c1-2-3-8-29-23-12-22-17(10-19(23)26)24(15-7-5-4-6-14(15)13-27)16-9-18(25)20(28)11-21(16)30-22/h1,4-7,9-12,27H,3,8,13H2. The van der Waals surface area contributed by atoms with Gasteiger partial charge < -0.3 is 14.3 Å². The summed E-state index contributed by atoms with van der Waals surface area (Å²) in [5.74, 6) is 3.31. The summed E-state index contributed by atoms with van der Waals surface area (Å²) in [5, 5.41) is 11.1. The average molecular weight is 439 g/mol. The Balaban J connectivity index is 2.08. The lowest BCUT2D eigenvalue weighted by molar-refractivity contribution is 0.282. The van der Waals surface area contributed by atoms with Crippen LogP contribution in [-0.2, 0) is 6.61 Å². The number of hydrogen-bond donors (Lipinski definition) is 1. The van der Waals surface area contributed by atoms with Crippen LogP contribution in [0.2, 0.25) is 10.0 Å². The lowest BCUT2D eigenvalue weighted by atomic mass is 9.91. The summed E-state index contributed by atoms with van der Waals surface area (Å²) in [6.45, 7) is 0.162. The zero-order valence-electron chi connectivity index (χ0n) is 15.7.